The van der Waals surface area contributed by atoms with Crippen LogP contribution in [0.25, 0.3) is 22.2 Å². The van der Waals surface area contributed by atoms with Crippen LogP contribution in [-0.2, 0) is 11.3 Å². The molecule has 0 radical (unpaired) electrons. The number of hydrogen-bond donors (Lipinski definition) is 1. The highest BCUT2D eigenvalue weighted by Crippen LogP contribution is 2.43. The molecular formula is C27H24N4O5. The fraction of sp³-hybridized carbons (Fsp3) is 0.185. The monoisotopic (exact) mass is 484 g/mol. The van der Waals surface area contributed by atoms with Gasteiger partial charge in [-0.05, 0) is 50.9 Å². The predicted octanol–water partition coefficient (Wildman–Crippen LogP) is 4.74. The maximum Gasteiger partial charge on any atom is 0.338 e. The van der Waals surface area contributed by atoms with Crippen molar-refractivity contribution >= 4 is 23.7 Å². The number of allylic oxidation sites excluding steroid dienone is 3. The van der Waals surface area contributed by atoms with Crippen molar-refractivity contribution < 1.29 is 18.8 Å². The number of benzene rings is 2. The SMILES string of the molecule is C=N/C(=C\C=C/C)C1COc2c(-c3c(C)noc3COC(=O)c3ccccc3)ccc3[nH]c(=O)n1c23. The number of aromatic amines is 1. The summed E-state index contributed by atoms with van der Waals surface area (Å²) in [6.45, 7) is 7.43. The number of carbonyl (C=O) groups is 1. The van der Waals surface area contributed by atoms with Crippen molar-refractivity contribution in [1.29, 1.82) is 0 Å². The molecule has 1 N–H and O–H groups in total. The maximum atomic E-state index is 13.0. The number of H-pyrrole nitrogens is 1. The molecule has 1 aliphatic rings. The largest absolute Gasteiger partial charge is 0.488 e. The van der Waals surface area contributed by atoms with Crippen LogP contribution in [0.4, 0.5) is 0 Å². The van der Waals surface area contributed by atoms with Gasteiger partial charge in [0, 0.05) is 5.56 Å². The molecule has 9 heteroatoms. The van der Waals surface area contributed by atoms with E-state index in [-0.39, 0.29) is 18.9 Å². The van der Waals surface area contributed by atoms with Crippen LogP contribution in [0.15, 0.2) is 80.7 Å². The summed E-state index contributed by atoms with van der Waals surface area (Å²) in [4.78, 5) is 32.4. The first-order valence-electron chi connectivity index (χ1n) is 11.4. The Hall–Kier alpha value is -4.66. The van der Waals surface area contributed by atoms with Gasteiger partial charge in [-0.2, -0.15) is 0 Å². The lowest BCUT2D eigenvalue weighted by molar-refractivity contribution is 0.0438. The van der Waals surface area contributed by atoms with E-state index < -0.39 is 12.0 Å². The molecule has 182 valence electrons. The third-order valence-electron chi connectivity index (χ3n) is 6.06. The van der Waals surface area contributed by atoms with Gasteiger partial charge >= 0.3 is 11.7 Å². The molecule has 2 aromatic heterocycles. The van der Waals surface area contributed by atoms with E-state index in [1.54, 1.807) is 41.8 Å². The van der Waals surface area contributed by atoms with E-state index in [0.717, 1.165) is 0 Å². The van der Waals surface area contributed by atoms with Crippen LogP contribution >= 0.6 is 0 Å². The Balaban J connectivity index is 1.56. The van der Waals surface area contributed by atoms with Crippen LogP contribution in [0, 0.1) is 6.92 Å². The van der Waals surface area contributed by atoms with E-state index in [2.05, 4.69) is 21.9 Å². The molecule has 3 heterocycles. The molecule has 0 bridgehead atoms. The molecule has 1 atom stereocenters. The standard InChI is InChI=1S/C27H24N4O5/c1-4-5-11-19(28-3)21-14-34-25-18(12-13-20-24(25)31(21)27(33)29-20)23-16(2)30-36-22(23)15-35-26(32)17-9-7-6-8-10-17/h4-13,21H,3,14-15H2,1-2H3,(H,29,33)/b5-4-,19-11-. The molecule has 0 amide bonds. The number of aryl methyl sites for hydroxylation is 1. The lowest BCUT2D eigenvalue weighted by Gasteiger charge is -2.26. The molecule has 5 rings (SSSR count). The Morgan fingerprint density at radius 3 is 2.86 bits per heavy atom. The first-order valence-corrected chi connectivity index (χ1v) is 11.4. The fourth-order valence-corrected chi connectivity index (χ4v) is 4.40. The second-order valence-electron chi connectivity index (χ2n) is 8.25. The van der Waals surface area contributed by atoms with E-state index in [9.17, 15) is 9.59 Å². The van der Waals surface area contributed by atoms with Gasteiger partial charge in [0.25, 0.3) is 0 Å². The summed E-state index contributed by atoms with van der Waals surface area (Å²) in [5, 5.41) is 4.10. The van der Waals surface area contributed by atoms with Crippen LogP contribution in [0.1, 0.15) is 34.8 Å². The Bertz CT molecular complexity index is 1570. The summed E-state index contributed by atoms with van der Waals surface area (Å²) < 4.78 is 18.9. The minimum atomic E-state index is -0.469. The highest BCUT2D eigenvalue weighted by molar-refractivity contribution is 5.93. The molecule has 9 nitrogen and oxygen atoms in total. The molecule has 0 spiro atoms. The van der Waals surface area contributed by atoms with Crippen LogP contribution in [0.2, 0.25) is 0 Å². The molecular weight excluding hydrogens is 460 g/mol. The zero-order valence-electron chi connectivity index (χ0n) is 19.9. The quantitative estimate of drug-likeness (QED) is 0.230. The number of carbonyl (C=O) groups excluding carboxylic acids is 1. The molecule has 36 heavy (non-hydrogen) atoms. The molecule has 2 aromatic carbocycles. The van der Waals surface area contributed by atoms with Gasteiger partial charge < -0.3 is 19.0 Å². The second-order valence-corrected chi connectivity index (χ2v) is 8.25. The van der Waals surface area contributed by atoms with Gasteiger partial charge in [0.05, 0.1) is 28.0 Å². The number of aromatic nitrogens is 3. The van der Waals surface area contributed by atoms with Crippen LogP contribution < -0.4 is 10.4 Å². The number of esters is 1. The minimum Gasteiger partial charge on any atom is -0.488 e. The molecule has 0 saturated heterocycles. The molecule has 1 unspecified atom stereocenters. The smallest absolute Gasteiger partial charge is 0.338 e. The molecule has 1 aliphatic heterocycles. The number of aliphatic imine (C=N–C) groups is 1. The Morgan fingerprint density at radius 1 is 1.31 bits per heavy atom. The van der Waals surface area contributed by atoms with E-state index in [0.29, 0.717) is 50.6 Å². The summed E-state index contributed by atoms with van der Waals surface area (Å²) >= 11 is 0. The highest BCUT2D eigenvalue weighted by Gasteiger charge is 2.31. The molecule has 4 aromatic rings. The summed E-state index contributed by atoms with van der Waals surface area (Å²) in [5.74, 6) is 0.422. The Kier molecular flexibility index (Phi) is 6.12. The zero-order chi connectivity index (χ0) is 25.2. The summed E-state index contributed by atoms with van der Waals surface area (Å²) in [5.41, 5.74) is 3.96. The maximum absolute atomic E-state index is 13.0. The number of hydrogen-bond acceptors (Lipinski definition) is 7. The Labute approximate surface area is 206 Å². The summed E-state index contributed by atoms with van der Waals surface area (Å²) in [6, 6.07) is 11.9. The van der Waals surface area contributed by atoms with E-state index in [4.69, 9.17) is 14.0 Å². The number of nitrogens with zero attached hydrogens (tertiary/aromatic N) is 3. The van der Waals surface area contributed by atoms with Crippen molar-refractivity contribution in [3.8, 4) is 16.9 Å². The topological polar surface area (TPSA) is 112 Å². The number of ether oxygens (including phenoxy) is 2. The molecule has 0 fully saturated rings. The van der Waals surface area contributed by atoms with Gasteiger partial charge in [0.2, 0.25) is 0 Å². The number of nitrogens with one attached hydrogen (secondary N) is 1. The normalized spacial score (nSPS) is 15.3. The van der Waals surface area contributed by atoms with Gasteiger partial charge in [0.1, 0.15) is 18.2 Å². The van der Waals surface area contributed by atoms with E-state index >= 15 is 0 Å². The first kappa shape index (κ1) is 23.1. The van der Waals surface area contributed by atoms with Gasteiger partial charge in [0.15, 0.2) is 18.1 Å². The fourth-order valence-electron chi connectivity index (χ4n) is 4.40. The lowest BCUT2D eigenvalue weighted by atomic mass is 10.0. The van der Waals surface area contributed by atoms with E-state index in [1.165, 1.54) is 0 Å². The van der Waals surface area contributed by atoms with Crippen LogP contribution in [0.3, 0.4) is 0 Å². The molecule has 0 saturated carbocycles. The number of rotatable bonds is 7. The van der Waals surface area contributed by atoms with Gasteiger partial charge in [-0.15, -0.1) is 0 Å². The third-order valence-corrected chi connectivity index (χ3v) is 6.06. The summed E-state index contributed by atoms with van der Waals surface area (Å²) in [6.07, 6.45) is 5.52. The van der Waals surface area contributed by atoms with Crippen molar-refractivity contribution in [2.24, 2.45) is 4.99 Å². The Morgan fingerprint density at radius 2 is 2.11 bits per heavy atom. The summed E-state index contributed by atoms with van der Waals surface area (Å²) in [7, 11) is 0. The van der Waals surface area contributed by atoms with Crippen molar-refractivity contribution in [3.05, 3.63) is 93.9 Å². The third kappa shape index (κ3) is 3.94. The minimum absolute atomic E-state index is 0.111. The first-order chi connectivity index (χ1) is 17.5. The van der Waals surface area contributed by atoms with Gasteiger partial charge in [-0.3, -0.25) is 9.56 Å². The van der Waals surface area contributed by atoms with Gasteiger partial charge in [-0.25, -0.2) is 9.59 Å². The van der Waals surface area contributed by atoms with Crippen molar-refractivity contribution in [2.75, 3.05) is 6.61 Å². The highest BCUT2D eigenvalue weighted by atomic mass is 16.5. The van der Waals surface area contributed by atoms with Crippen molar-refractivity contribution in [3.63, 3.8) is 0 Å². The molecule has 0 aliphatic carbocycles. The van der Waals surface area contributed by atoms with Crippen LogP contribution in [0.5, 0.6) is 5.75 Å². The predicted molar refractivity (Wildman–Crippen MR) is 135 cm³/mol. The van der Waals surface area contributed by atoms with Crippen molar-refractivity contribution in [2.45, 2.75) is 26.5 Å². The van der Waals surface area contributed by atoms with Crippen LogP contribution in [-0.4, -0.2) is 34.0 Å². The zero-order valence-corrected chi connectivity index (χ0v) is 19.9. The lowest BCUT2D eigenvalue weighted by Crippen LogP contribution is -2.30. The van der Waals surface area contributed by atoms with E-state index in [1.807, 2.05) is 37.3 Å². The average Bonchev–Trinajstić information content (AvgIpc) is 3.44. The van der Waals surface area contributed by atoms with Gasteiger partial charge in [-0.1, -0.05) is 35.5 Å². The second kappa shape index (κ2) is 9.53. The van der Waals surface area contributed by atoms with Crippen molar-refractivity contribution in [1.82, 2.24) is 14.7 Å². The number of imidazole rings is 1. The average molecular weight is 485 g/mol.